The van der Waals surface area contributed by atoms with Gasteiger partial charge in [-0.3, -0.25) is 4.79 Å². The van der Waals surface area contributed by atoms with Crippen LogP contribution in [0, 0.1) is 17.3 Å². The Bertz CT molecular complexity index is 682. The Kier molecular flexibility index (Phi) is 3.74. The van der Waals surface area contributed by atoms with Crippen LogP contribution in [0.15, 0.2) is 36.4 Å². The summed E-state index contributed by atoms with van der Waals surface area (Å²) in [5, 5.41) is 11.6. The van der Waals surface area contributed by atoms with Crippen molar-refractivity contribution in [1.82, 2.24) is 4.98 Å². The molecule has 0 aliphatic rings. The van der Waals surface area contributed by atoms with Crippen LogP contribution in [0.25, 0.3) is 0 Å². The number of halogens is 2. The number of anilines is 1. The number of nitrogens with one attached hydrogen (secondary N) is 1. The Labute approximate surface area is 113 Å². The molecule has 1 N–H and O–H groups in total. The molecule has 2 aromatic rings. The zero-order valence-corrected chi connectivity index (χ0v) is 10.3. The van der Waals surface area contributed by atoms with E-state index in [9.17, 15) is 9.18 Å². The van der Waals surface area contributed by atoms with Gasteiger partial charge >= 0.3 is 0 Å². The maximum absolute atomic E-state index is 12.9. The molecule has 0 saturated heterocycles. The number of hydrogen-bond acceptors (Lipinski definition) is 3. The first-order valence-corrected chi connectivity index (χ1v) is 5.61. The van der Waals surface area contributed by atoms with Gasteiger partial charge in [0.25, 0.3) is 5.91 Å². The third-order valence-corrected chi connectivity index (χ3v) is 2.62. The second-order valence-electron chi connectivity index (χ2n) is 3.61. The summed E-state index contributed by atoms with van der Waals surface area (Å²) in [6.07, 6.45) is 0. The molecule has 0 fully saturated rings. The van der Waals surface area contributed by atoms with E-state index in [1.165, 1.54) is 24.3 Å². The van der Waals surface area contributed by atoms with Crippen LogP contribution in [0.5, 0.6) is 0 Å². The highest BCUT2D eigenvalue weighted by Crippen LogP contribution is 2.20. The maximum atomic E-state index is 12.9. The van der Waals surface area contributed by atoms with E-state index in [1.54, 1.807) is 6.07 Å². The van der Waals surface area contributed by atoms with Crippen LogP contribution in [0.3, 0.4) is 0 Å². The summed E-state index contributed by atoms with van der Waals surface area (Å²) < 4.78 is 12.9. The molecule has 0 unspecified atom stereocenters. The molecule has 0 spiro atoms. The highest BCUT2D eigenvalue weighted by molar-refractivity contribution is 6.31. The van der Waals surface area contributed by atoms with Gasteiger partial charge in [-0.05, 0) is 30.3 Å². The number of carbonyl (C=O) groups excluding carboxylic acids is 1. The quantitative estimate of drug-likeness (QED) is 0.857. The molecule has 6 heteroatoms. The van der Waals surface area contributed by atoms with Gasteiger partial charge in [-0.15, -0.1) is 0 Å². The minimum atomic E-state index is -0.735. The van der Waals surface area contributed by atoms with E-state index in [-0.39, 0.29) is 11.3 Å². The summed E-state index contributed by atoms with van der Waals surface area (Å²) in [7, 11) is 0. The normalized spacial score (nSPS) is 9.74. The fraction of sp³-hybridized carbons (Fsp3) is 0. The minimum Gasteiger partial charge on any atom is -0.321 e. The van der Waals surface area contributed by atoms with Gasteiger partial charge in [0.15, 0.2) is 0 Å². The number of amides is 1. The van der Waals surface area contributed by atoms with E-state index in [2.05, 4.69) is 10.3 Å². The number of carbonyl (C=O) groups is 1. The number of pyridine rings is 1. The monoisotopic (exact) mass is 275 g/mol. The lowest BCUT2D eigenvalue weighted by molar-refractivity contribution is 0.102. The number of nitrogens with zero attached hydrogens (tertiary/aromatic N) is 2. The molecule has 2 rings (SSSR count). The van der Waals surface area contributed by atoms with Crippen molar-refractivity contribution in [3.8, 4) is 6.07 Å². The summed E-state index contributed by atoms with van der Waals surface area (Å²) in [6.45, 7) is 0. The SMILES string of the molecule is N#Cc1cc(NC(=O)c2cccc(F)n2)ccc1Cl. The van der Waals surface area contributed by atoms with Crippen LogP contribution in [0.4, 0.5) is 10.1 Å². The topological polar surface area (TPSA) is 65.8 Å². The number of hydrogen-bond donors (Lipinski definition) is 1. The van der Waals surface area contributed by atoms with Gasteiger partial charge in [0.05, 0.1) is 10.6 Å². The fourth-order valence-electron chi connectivity index (χ4n) is 1.42. The summed E-state index contributed by atoms with van der Waals surface area (Å²) in [5.41, 5.74) is 0.581. The van der Waals surface area contributed by atoms with Gasteiger partial charge < -0.3 is 5.32 Å². The summed E-state index contributed by atoms with van der Waals surface area (Å²) in [5.74, 6) is -1.30. The first-order valence-electron chi connectivity index (χ1n) is 5.23. The molecular formula is C13H7ClFN3O. The van der Waals surface area contributed by atoms with Crippen molar-refractivity contribution in [2.24, 2.45) is 0 Å². The van der Waals surface area contributed by atoms with Gasteiger partial charge in [-0.2, -0.15) is 9.65 Å². The molecule has 19 heavy (non-hydrogen) atoms. The molecule has 0 radical (unpaired) electrons. The Balaban J connectivity index is 2.22. The smallest absolute Gasteiger partial charge is 0.274 e. The number of aromatic nitrogens is 1. The van der Waals surface area contributed by atoms with Crippen molar-refractivity contribution in [2.75, 3.05) is 5.32 Å². The van der Waals surface area contributed by atoms with Crippen molar-refractivity contribution in [3.63, 3.8) is 0 Å². The molecule has 0 saturated carbocycles. The molecule has 4 nitrogen and oxygen atoms in total. The Morgan fingerprint density at radius 1 is 1.37 bits per heavy atom. The van der Waals surface area contributed by atoms with Crippen molar-refractivity contribution < 1.29 is 9.18 Å². The molecule has 1 aromatic heterocycles. The van der Waals surface area contributed by atoms with Crippen LogP contribution in [-0.2, 0) is 0 Å². The van der Waals surface area contributed by atoms with Crippen LogP contribution in [0.2, 0.25) is 5.02 Å². The lowest BCUT2D eigenvalue weighted by atomic mass is 10.2. The predicted molar refractivity (Wildman–Crippen MR) is 68.3 cm³/mol. The molecular weight excluding hydrogens is 269 g/mol. The largest absolute Gasteiger partial charge is 0.321 e. The predicted octanol–water partition coefficient (Wildman–Crippen LogP) is 3.00. The molecule has 1 heterocycles. The van der Waals surface area contributed by atoms with Gasteiger partial charge in [0, 0.05) is 5.69 Å². The summed E-state index contributed by atoms with van der Waals surface area (Å²) in [4.78, 5) is 15.3. The molecule has 94 valence electrons. The van der Waals surface area contributed by atoms with Gasteiger partial charge in [-0.25, -0.2) is 4.98 Å². The van der Waals surface area contributed by atoms with Crippen LogP contribution in [0.1, 0.15) is 16.1 Å². The van der Waals surface area contributed by atoms with Crippen molar-refractivity contribution in [3.05, 3.63) is 58.6 Å². The second kappa shape index (κ2) is 5.46. The van der Waals surface area contributed by atoms with E-state index in [0.29, 0.717) is 10.7 Å². The third-order valence-electron chi connectivity index (χ3n) is 2.29. The Hall–Kier alpha value is -2.45. The van der Waals surface area contributed by atoms with Gasteiger partial charge in [-0.1, -0.05) is 17.7 Å². The molecule has 1 aromatic carbocycles. The highest BCUT2D eigenvalue weighted by atomic mass is 35.5. The fourth-order valence-corrected chi connectivity index (χ4v) is 1.58. The van der Waals surface area contributed by atoms with Crippen LogP contribution in [-0.4, -0.2) is 10.9 Å². The summed E-state index contributed by atoms with van der Waals surface area (Å²) in [6, 6.07) is 10.3. The van der Waals surface area contributed by atoms with E-state index < -0.39 is 11.9 Å². The zero-order valence-electron chi connectivity index (χ0n) is 9.52. The first-order chi connectivity index (χ1) is 9.10. The molecule has 0 atom stereocenters. The van der Waals surface area contributed by atoms with Crippen molar-refractivity contribution in [1.29, 1.82) is 5.26 Å². The minimum absolute atomic E-state index is 0.0477. The molecule has 0 bridgehead atoms. The average molecular weight is 276 g/mol. The van der Waals surface area contributed by atoms with E-state index in [0.717, 1.165) is 6.07 Å². The van der Waals surface area contributed by atoms with E-state index >= 15 is 0 Å². The number of benzene rings is 1. The van der Waals surface area contributed by atoms with E-state index in [1.807, 2.05) is 6.07 Å². The van der Waals surface area contributed by atoms with Gasteiger partial charge in [0.1, 0.15) is 11.8 Å². The second-order valence-corrected chi connectivity index (χ2v) is 4.01. The third kappa shape index (κ3) is 3.06. The lowest BCUT2D eigenvalue weighted by Gasteiger charge is -2.05. The average Bonchev–Trinajstić information content (AvgIpc) is 2.41. The highest BCUT2D eigenvalue weighted by Gasteiger charge is 2.09. The number of rotatable bonds is 2. The Morgan fingerprint density at radius 2 is 2.16 bits per heavy atom. The van der Waals surface area contributed by atoms with Gasteiger partial charge in [0.2, 0.25) is 5.95 Å². The molecule has 0 aliphatic carbocycles. The number of nitriles is 1. The first kappa shape index (κ1) is 13.0. The van der Waals surface area contributed by atoms with Crippen LogP contribution < -0.4 is 5.32 Å². The van der Waals surface area contributed by atoms with Crippen molar-refractivity contribution >= 4 is 23.2 Å². The molecule has 1 amide bonds. The standard InChI is InChI=1S/C13H7ClFN3O/c14-10-5-4-9(6-8(10)7-16)17-13(19)11-2-1-3-12(15)18-11/h1-6H,(H,17,19). The van der Waals surface area contributed by atoms with Crippen LogP contribution >= 0.6 is 11.6 Å². The summed E-state index contributed by atoms with van der Waals surface area (Å²) >= 11 is 5.77. The maximum Gasteiger partial charge on any atom is 0.274 e. The van der Waals surface area contributed by atoms with E-state index in [4.69, 9.17) is 16.9 Å². The Morgan fingerprint density at radius 3 is 2.84 bits per heavy atom. The zero-order chi connectivity index (χ0) is 13.8. The lowest BCUT2D eigenvalue weighted by Crippen LogP contribution is -2.14. The molecule has 0 aliphatic heterocycles. The van der Waals surface area contributed by atoms with Crippen molar-refractivity contribution in [2.45, 2.75) is 0 Å².